The van der Waals surface area contributed by atoms with Gasteiger partial charge in [0.2, 0.25) is 5.88 Å². The lowest BCUT2D eigenvalue weighted by Gasteiger charge is -2.16. The Labute approximate surface area is 125 Å². The molecule has 3 N–H and O–H groups in total. The predicted molar refractivity (Wildman–Crippen MR) is 84.9 cm³/mol. The van der Waals surface area contributed by atoms with Gasteiger partial charge in [-0.1, -0.05) is 18.2 Å². The molecule has 0 fully saturated rings. The van der Waals surface area contributed by atoms with E-state index in [0.29, 0.717) is 23.9 Å². The number of aromatic nitrogens is 1. The molecule has 1 unspecified atom stereocenters. The zero-order valence-corrected chi connectivity index (χ0v) is 12.6. The highest BCUT2D eigenvalue weighted by molar-refractivity contribution is 5.71. The van der Waals surface area contributed by atoms with Crippen LogP contribution in [0.3, 0.4) is 0 Å². The maximum absolute atomic E-state index is 6.14. The van der Waals surface area contributed by atoms with Crippen LogP contribution in [0.15, 0.2) is 36.4 Å². The van der Waals surface area contributed by atoms with Crippen molar-refractivity contribution < 1.29 is 9.47 Å². The lowest BCUT2D eigenvalue weighted by atomic mass is 10.2. The van der Waals surface area contributed by atoms with Crippen LogP contribution in [0.2, 0.25) is 0 Å². The van der Waals surface area contributed by atoms with Gasteiger partial charge in [-0.25, -0.2) is 4.98 Å². The zero-order valence-electron chi connectivity index (χ0n) is 12.6. The highest BCUT2D eigenvalue weighted by Crippen LogP contribution is 2.31. The average Bonchev–Trinajstić information content (AvgIpc) is 2.49. The normalized spacial score (nSPS) is 12.0. The number of benzene rings is 1. The quantitative estimate of drug-likeness (QED) is 0.853. The maximum atomic E-state index is 6.14. The molecule has 0 amide bonds. The summed E-state index contributed by atoms with van der Waals surface area (Å²) in [5, 5.41) is 3.26. The Morgan fingerprint density at radius 3 is 2.67 bits per heavy atom. The molecule has 5 nitrogen and oxygen atoms in total. The minimum absolute atomic E-state index is 0.0939. The third-order valence-electron chi connectivity index (χ3n) is 3.09. The number of para-hydroxylation sites is 1. The minimum Gasteiger partial charge on any atom is -0.437 e. The smallest absolute Gasteiger partial charge is 0.245 e. The first-order chi connectivity index (χ1) is 10.1. The van der Waals surface area contributed by atoms with Crippen LogP contribution in [-0.2, 0) is 4.74 Å². The molecule has 0 spiro atoms. The summed E-state index contributed by atoms with van der Waals surface area (Å²) in [4.78, 5) is 4.36. The molecule has 5 heteroatoms. The second kappa shape index (κ2) is 6.95. The first-order valence-corrected chi connectivity index (χ1v) is 6.87. The third kappa shape index (κ3) is 4.10. The van der Waals surface area contributed by atoms with Crippen LogP contribution in [0.4, 0.5) is 11.4 Å². The Bertz CT molecular complexity index is 588. The van der Waals surface area contributed by atoms with Crippen molar-refractivity contribution in [3.05, 3.63) is 42.1 Å². The van der Waals surface area contributed by atoms with Gasteiger partial charge in [-0.2, -0.15) is 0 Å². The summed E-state index contributed by atoms with van der Waals surface area (Å²) >= 11 is 0. The molecular formula is C16H21N3O2. The van der Waals surface area contributed by atoms with Crippen LogP contribution in [0.1, 0.15) is 12.6 Å². The number of aryl methyl sites for hydroxylation is 1. The van der Waals surface area contributed by atoms with Gasteiger partial charge in [0.05, 0.1) is 11.8 Å². The van der Waals surface area contributed by atoms with E-state index >= 15 is 0 Å². The van der Waals surface area contributed by atoms with Crippen molar-refractivity contribution >= 4 is 11.4 Å². The van der Waals surface area contributed by atoms with Crippen LogP contribution in [0.5, 0.6) is 11.6 Å². The predicted octanol–water partition coefficient (Wildman–Crippen LogP) is 3.21. The fraction of sp³-hybridized carbons (Fsp3) is 0.312. The van der Waals surface area contributed by atoms with Crippen molar-refractivity contribution in [3.63, 3.8) is 0 Å². The molecule has 112 valence electrons. The van der Waals surface area contributed by atoms with Crippen molar-refractivity contribution in [2.75, 3.05) is 24.7 Å². The van der Waals surface area contributed by atoms with E-state index < -0.39 is 0 Å². The van der Waals surface area contributed by atoms with Gasteiger partial charge >= 0.3 is 0 Å². The summed E-state index contributed by atoms with van der Waals surface area (Å²) in [6, 6.07) is 11.4. The Hall–Kier alpha value is -2.27. The number of nitrogen functional groups attached to an aromatic ring is 1. The summed E-state index contributed by atoms with van der Waals surface area (Å²) in [5.41, 5.74) is 8.27. The monoisotopic (exact) mass is 287 g/mol. The number of anilines is 2. The summed E-state index contributed by atoms with van der Waals surface area (Å²) in [7, 11) is 1.68. The molecular weight excluding hydrogens is 266 g/mol. The fourth-order valence-electron chi connectivity index (χ4n) is 1.82. The second-order valence-electron chi connectivity index (χ2n) is 4.87. The molecule has 1 aromatic heterocycles. The Morgan fingerprint density at radius 2 is 2.00 bits per heavy atom. The lowest BCUT2D eigenvalue weighted by molar-refractivity contribution is 0.129. The summed E-state index contributed by atoms with van der Waals surface area (Å²) < 4.78 is 11.0. The summed E-state index contributed by atoms with van der Waals surface area (Å²) in [6.07, 6.45) is 0.0939. The van der Waals surface area contributed by atoms with Crippen molar-refractivity contribution in [1.29, 1.82) is 0 Å². The number of hydrogen-bond acceptors (Lipinski definition) is 5. The van der Waals surface area contributed by atoms with Gasteiger partial charge < -0.3 is 20.5 Å². The van der Waals surface area contributed by atoms with E-state index in [9.17, 15) is 0 Å². The highest BCUT2D eigenvalue weighted by atomic mass is 16.5. The van der Waals surface area contributed by atoms with Crippen molar-refractivity contribution in [1.82, 2.24) is 4.98 Å². The van der Waals surface area contributed by atoms with Crippen LogP contribution < -0.4 is 15.8 Å². The van der Waals surface area contributed by atoms with Crippen LogP contribution >= 0.6 is 0 Å². The van der Waals surface area contributed by atoms with Crippen LogP contribution in [-0.4, -0.2) is 24.7 Å². The maximum Gasteiger partial charge on any atom is 0.245 e. The molecule has 0 saturated carbocycles. The summed E-state index contributed by atoms with van der Waals surface area (Å²) in [5.74, 6) is 1.12. The Kier molecular flexibility index (Phi) is 5.00. The van der Waals surface area contributed by atoms with Crippen LogP contribution in [0, 0.1) is 6.92 Å². The molecule has 0 aliphatic carbocycles. The van der Waals surface area contributed by atoms with Gasteiger partial charge in [-0.3, -0.25) is 0 Å². The largest absolute Gasteiger partial charge is 0.437 e. The van der Waals surface area contributed by atoms with E-state index in [-0.39, 0.29) is 6.10 Å². The van der Waals surface area contributed by atoms with Gasteiger partial charge in [0.25, 0.3) is 0 Å². The lowest BCUT2D eigenvalue weighted by Crippen LogP contribution is -2.19. The molecule has 0 radical (unpaired) electrons. The molecule has 0 aliphatic rings. The van der Waals surface area contributed by atoms with Gasteiger partial charge in [0.1, 0.15) is 11.4 Å². The topological polar surface area (TPSA) is 69.4 Å². The average molecular weight is 287 g/mol. The number of methoxy groups -OCH3 is 1. The molecule has 2 rings (SSSR count). The molecule has 2 aromatic rings. The number of nitrogens with two attached hydrogens (primary N) is 1. The number of pyridine rings is 1. The van der Waals surface area contributed by atoms with E-state index in [4.69, 9.17) is 15.2 Å². The summed E-state index contributed by atoms with van der Waals surface area (Å²) in [6.45, 7) is 4.55. The van der Waals surface area contributed by atoms with E-state index in [2.05, 4.69) is 10.3 Å². The van der Waals surface area contributed by atoms with Crippen LogP contribution in [0.25, 0.3) is 0 Å². The molecule has 1 aromatic carbocycles. The third-order valence-corrected chi connectivity index (χ3v) is 3.09. The molecule has 21 heavy (non-hydrogen) atoms. The van der Waals surface area contributed by atoms with Gasteiger partial charge in [-0.05, 0) is 32.0 Å². The SMILES string of the molecule is COC(C)CNc1cc(C)nc(Oc2ccccc2)c1N. The number of hydrogen-bond donors (Lipinski definition) is 2. The number of rotatable bonds is 6. The number of nitrogens with one attached hydrogen (secondary N) is 1. The molecule has 0 bridgehead atoms. The first kappa shape index (κ1) is 15.1. The Morgan fingerprint density at radius 1 is 1.29 bits per heavy atom. The Balaban J connectivity index is 2.20. The van der Waals surface area contributed by atoms with Crippen molar-refractivity contribution in [2.24, 2.45) is 0 Å². The number of nitrogens with zero attached hydrogens (tertiary/aromatic N) is 1. The van der Waals surface area contributed by atoms with Crippen molar-refractivity contribution in [3.8, 4) is 11.6 Å². The van der Waals surface area contributed by atoms with E-state index in [1.165, 1.54) is 0 Å². The second-order valence-corrected chi connectivity index (χ2v) is 4.87. The van der Waals surface area contributed by atoms with Crippen molar-refractivity contribution in [2.45, 2.75) is 20.0 Å². The zero-order chi connectivity index (χ0) is 15.2. The first-order valence-electron chi connectivity index (χ1n) is 6.87. The van der Waals surface area contributed by atoms with Gasteiger partial charge in [0.15, 0.2) is 0 Å². The fourth-order valence-corrected chi connectivity index (χ4v) is 1.82. The van der Waals surface area contributed by atoms with E-state index in [1.807, 2.05) is 50.2 Å². The standard InChI is InChI=1S/C16H21N3O2/c1-11-9-14(18-10-12(2)20-3)15(17)16(19-11)21-13-7-5-4-6-8-13/h4-9,12H,10,17H2,1-3H3,(H,18,19). The molecule has 1 heterocycles. The molecule has 0 saturated heterocycles. The molecule has 0 aliphatic heterocycles. The van der Waals surface area contributed by atoms with E-state index in [0.717, 1.165) is 11.4 Å². The van der Waals surface area contributed by atoms with E-state index in [1.54, 1.807) is 7.11 Å². The highest BCUT2D eigenvalue weighted by Gasteiger charge is 2.11. The molecule has 1 atom stereocenters. The van der Waals surface area contributed by atoms with Gasteiger partial charge in [0, 0.05) is 19.3 Å². The minimum atomic E-state index is 0.0939. The van der Waals surface area contributed by atoms with Gasteiger partial charge in [-0.15, -0.1) is 0 Å². The number of ether oxygens (including phenoxy) is 2.